The van der Waals surface area contributed by atoms with Crippen molar-refractivity contribution in [3.05, 3.63) is 83.4 Å². The number of carbonyl (C=O) groups is 1. The summed E-state index contributed by atoms with van der Waals surface area (Å²) >= 11 is 0. The Balaban J connectivity index is 2.14. The number of carboxylic acid groups (broad SMARTS) is 1. The Kier molecular flexibility index (Phi) is 7.31. The molecule has 0 saturated carbocycles. The average molecular weight is 455 g/mol. The van der Waals surface area contributed by atoms with Crippen LogP contribution in [0, 0.1) is 5.92 Å². The Labute approximate surface area is 193 Å². The van der Waals surface area contributed by atoms with Gasteiger partial charge in [-0.25, -0.2) is 0 Å². The van der Waals surface area contributed by atoms with Gasteiger partial charge in [0, 0.05) is 0 Å². The minimum atomic E-state index is -4.41. The molecule has 0 aliphatic heterocycles. The van der Waals surface area contributed by atoms with Crippen LogP contribution in [-0.4, -0.2) is 11.1 Å². The van der Waals surface area contributed by atoms with Gasteiger partial charge < -0.3 is 5.11 Å². The summed E-state index contributed by atoms with van der Waals surface area (Å²) in [4.78, 5) is 12.1. The lowest BCUT2D eigenvalue weighted by Crippen LogP contribution is -2.14. The Hall–Kier alpha value is -3.08. The second-order valence-corrected chi connectivity index (χ2v) is 9.22. The molecule has 0 aromatic heterocycles. The first-order valence-corrected chi connectivity index (χ1v) is 11.1. The average Bonchev–Trinajstić information content (AvgIpc) is 2.76. The van der Waals surface area contributed by atoms with Crippen molar-refractivity contribution in [3.63, 3.8) is 0 Å². The second-order valence-electron chi connectivity index (χ2n) is 9.22. The molecular weight excluding hydrogens is 425 g/mol. The van der Waals surface area contributed by atoms with Gasteiger partial charge in [-0.2, -0.15) is 13.2 Å². The molecule has 0 saturated heterocycles. The molecule has 3 aromatic carbocycles. The van der Waals surface area contributed by atoms with Gasteiger partial charge in [-0.15, -0.1) is 0 Å². The largest absolute Gasteiger partial charge is 0.481 e. The van der Waals surface area contributed by atoms with E-state index in [0.29, 0.717) is 29.0 Å². The summed E-state index contributed by atoms with van der Waals surface area (Å²) in [6, 6.07) is 18.7. The van der Waals surface area contributed by atoms with Crippen LogP contribution in [0.15, 0.2) is 66.7 Å². The third-order valence-corrected chi connectivity index (χ3v) is 5.82. The predicted molar refractivity (Wildman–Crippen MR) is 126 cm³/mol. The van der Waals surface area contributed by atoms with Crippen molar-refractivity contribution in [2.45, 2.75) is 52.1 Å². The summed E-state index contributed by atoms with van der Waals surface area (Å²) in [6.45, 7) is 8.17. The highest BCUT2D eigenvalue weighted by Gasteiger charge is 2.30. The van der Waals surface area contributed by atoms with Gasteiger partial charge in [-0.05, 0) is 69.8 Å². The topological polar surface area (TPSA) is 37.3 Å². The number of hydrogen-bond donors (Lipinski definition) is 1. The van der Waals surface area contributed by atoms with E-state index in [1.165, 1.54) is 17.7 Å². The zero-order chi connectivity index (χ0) is 24.3. The monoisotopic (exact) mass is 454 g/mol. The van der Waals surface area contributed by atoms with Crippen molar-refractivity contribution < 1.29 is 23.1 Å². The fourth-order valence-corrected chi connectivity index (χ4v) is 3.95. The van der Waals surface area contributed by atoms with Crippen molar-refractivity contribution in [2.75, 3.05) is 0 Å². The molecule has 0 radical (unpaired) electrons. The Morgan fingerprint density at radius 2 is 1.24 bits per heavy atom. The lowest BCUT2D eigenvalue weighted by molar-refractivity contribution is -0.139. The zero-order valence-electron chi connectivity index (χ0n) is 19.3. The van der Waals surface area contributed by atoms with Gasteiger partial charge in [0.1, 0.15) is 0 Å². The molecule has 1 atom stereocenters. The molecule has 2 nitrogen and oxygen atoms in total. The Bertz CT molecular complexity index is 1100. The first-order valence-electron chi connectivity index (χ1n) is 11.1. The minimum Gasteiger partial charge on any atom is -0.481 e. The lowest BCUT2D eigenvalue weighted by Gasteiger charge is -2.18. The quantitative estimate of drug-likeness (QED) is 0.389. The van der Waals surface area contributed by atoms with Crippen LogP contribution in [0.5, 0.6) is 0 Å². The van der Waals surface area contributed by atoms with Crippen molar-refractivity contribution in [2.24, 2.45) is 5.92 Å². The molecule has 0 aliphatic rings. The number of rotatable bonds is 7. The van der Waals surface area contributed by atoms with Gasteiger partial charge in [0.15, 0.2) is 0 Å². The predicted octanol–water partition coefficient (Wildman–Crippen LogP) is 8.38. The van der Waals surface area contributed by atoms with E-state index in [2.05, 4.69) is 13.8 Å². The summed E-state index contributed by atoms with van der Waals surface area (Å²) in [5, 5.41) is 9.90. The normalized spacial score (nSPS) is 12.9. The van der Waals surface area contributed by atoms with E-state index in [0.717, 1.165) is 23.3 Å². The summed E-state index contributed by atoms with van der Waals surface area (Å²) in [5.41, 5.74) is 4.21. The fraction of sp³-hybridized carbons (Fsp3) is 0.321. The molecular formula is C28H29F3O2. The van der Waals surface area contributed by atoms with Crippen LogP contribution in [0.25, 0.3) is 22.3 Å². The summed E-state index contributed by atoms with van der Waals surface area (Å²) in [5.74, 6) is -1.05. The minimum absolute atomic E-state index is 0.176. The van der Waals surface area contributed by atoms with E-state index in [1.54, 1.807) is 6.07 Å². The van der Waals surface area contributed by atoms with Crippen LogP contribution in [0.3, 0.4) is 0 Å². The summed E-state index contributed by atoms with van der Waals surface area (Å²) in [7, 11) is 0. The van der Waals surface area contributed by atoms with E-state index in [1.807, 2.05) is 50.2 Å². The highest BCUT2D eigenvalue weighted by molar-refractivity contribution is 5.80. The molecule has 3 rings (SSSR count). The SMILES string of the molecule is CC(C)C[C@@H](C(=O)O)c1cc(-c2ccc(C(C)C)cc2)cc(-c2ccc(C(F)(F)F)cc2)c1. The zero-order valence-corrected chi connectivity index (χ0v) is 19.3. The number of alkyl halides is 3. The maximum absolute atomic E-state index is 13.0. The van der Waals surface area contributed by atoms with Crippen LogP contribution in [0.1, 0.15) is 62.6 Å². The van der Waals surface area contributed by atoms with Gasteiger partial charge in [-0.3, -0.25) is 4.79 Å². The van der Waals surface area contributed by atoms with E-state index < -0.39 is 23.6 Å². The molecule has 1 N–H and O–H groups in total. The number of halogens is 3. The highest BCUT2D eigenvalue weighted by Crippen LogP contribution is 2.36. The van der Waals surface area contributed by atoms with Crippen LogP contribution in [0.4, 0.5) is 13.2 Å². The first-order chi connectivity index (χ1) is 15.5. The molecule has 3 aromatic rings. The van der Waals surface area contributed by atoms with Gasteiger partial charge >= 0.3 is 12.1 Å². The van der Waals surface area contributed by atoms with Gasteiger partial charge in [-0.1, -0.05) is 76.2 Å². The number of aliphatic carboxylic acids is 1. The molecule has 0 aliphatic carbocycles. The second kappa shape index (κ2) is 9.82. The first kappa shape index (κ1) is 24.6. The third-order valence-electron chi connectivity index (χ3n) is 5.82. The van der Waals surface area contributed by atoms with E-state index in [9.17, 15) is 23.1 Å². The molecule has 0 bridgehead atoms. The number of carboxylic acids is 1. The summed E-state index contributed by atoms with van der Waals surface area (Å²) < 4.78 is 39.0. The van der Waals surface area contributed by atoms with Crippen molar-refractivity contribution >= 4 is 5.97 Å². The smallest absolute Gasteiger partial charge is 0.416 e. The molecule has 0 amide bonds. The molecule has 0 heterocycles. The van der Waals surface area contributed by atoms with Crippen LogP contribution >= 0.6 is 0 Å². The van der Waals surface area contributed by atoms with Gasteiger partial charge in [0.05, 0.1) is 11.5 Å². The third kappa shape index (κ3) is 6.04. The highest BCUT2D eigenvalue weighted by atomic mass is 19.4. The van der Waals surface area contributed by atoms with Gasteiger partial charge in [0.25, 0.3) is 0 Å². The lowest BCUT2D eigenvalue weighted by atomic mass is 9.86. The number of hydrogen-bond acceptors (Lipinski definition) is 1. The molecule has 174 valence electrons. The number of benzene rings is 3. The molecule has 0 unspecified atom stereocenters. The maximum atomic E-state index is 13.0. The van der Waals surface area contributed by atoms with E-state index in [-0.39, 0.29) is 5.92 Å². The van der Waals surface area contributed by atoms with Crippen molar-refractivity contribution in [1.29, 1.82) is 0 Å². The Morgan fingerprint density at radius 1 is 0.758 bits per heavy atom. The maximum Gasteiger partial charge on any atom is 0.416 e. The molecule has 5 heteroatoms. The fourth-order valence-electron chi connectivity index (χ4n) is 3.95. The molecule has 33 heavy (non-hydrogen) atoms. The molecule has 0 spiro atoms. The summed E-state index contributed by atoms with van der Waals surface area (Å²) in [6.07, 6.45) is -3.94. The van der Waals surface area contributed by atoms with Crippen LogP contribution < -0.4 is 0 Å². The van der Waals surface area contributed by atoms with E-state index >= 15 is 0 Å². The van der Waals surface area contributed by atoms with E-state index in [4.69, 9.17) is 0 Å². The van der Waals surface area contributed by atoms with Gasteiger partial charge in [0.2, 0.25) is 0 Å². The van der Waals surface area contributed by atoms with Crippen molar-refractivity contribution in [1.82, 2.24) is 0 Å². The van der Waals surface area contributed by atoms with Crippen molar-refractivity contribution in [3.8, 4) is 22.3 Å². The van der Waals surface area contributed by atoms with Crippen LogP contribution in [0.2, 0.25) is 0 Å². The van der Waals surface area contributed by atoms with Crippen LogP contribution in [-0.2, 0) is 11.0 Å². The Morgan fingerprint density at radius 3 is 1.64 bits per heavy atom. The molecule has 0 fully saturated rings. The standard InChI is InChI=1S/C28H29F3O2/c1-17(2)13-26(27(32)33)24-15-22(20-7-5-19(6-8-20)18(3)4)14-23(16-24)21-9-11-25(12-10-21)28(29,30)31/h5-12,14-18,26H,13H2,1-4H3,(H,32,33)/t26-/m1/s1.